The van der Waals surface area contributed by atoms with Crippen LogP contribution in [-0.2, 0) is 24.3 Å². The molecule has 2 aromatic rings. The van der Waals surface area contributed by atoms with Crippen LogP contribution in [0.15, 0.2) is 36.7 Å². The fourth-order valence-electron chi connectivity index (χ4n) is 3.60. The number of hydrogen-bond donors (Lipinski definition) is 1. The molecule has 1 aromatic heterocycles. The van der Waals surface area contributed by atoms with E-state index in [0.717, 1.165) is 62.6 Å². The molecule has 0 bridgehead atoms. The van der Waals surface area contributed by atoms with Gasteiger partial charge in [-0.15, -0.1) is 0 Å². The van der Waals surface area contributed by atoms with Crippen molar-refractivity contribution in [2.24, 2.45) is 5.92 Å². The second-order valence-corrected chi connectivity index (χ2v) is 7.07. The van der Waals surface area contributed by atoms with Gasteiger partial charge in [0.1, 0.15) is 11.6 Å². The van der Waals surface area contributed by atoms with E-state index in [4.69, 9.17) is 4.74 Å². The summed E-state index contributed by atoms with van der Waals surface area (Å²) in [7, 11) is 1.65. The molecule has 1 amide bonds. The number of carbonyl (C=O) groups excluding carboxylic acids is 1. The first-order valence-electron chi connectivity index (χ1n) is 9.82. The van der Waals surface area contributed by atoms with Crippen molar-refractivity contribution in [3.8, 4) is 5.75 Å². The minimum Gasteiger partial charge on any atom is -0.497 e. The Morgan fingerprint density at radius 2 is 1.96 bits per heavy atom. The lowest BCUT2D eigenvalue weighted by atomic mass is 9.96. The van der Waals surface area contributed by atoms with Crippen LogP contribution in [-0.4, -0.2) is 47.1 Å². The van der Waals surface area contributed by atoms with Crippen LogP contribution in [0.25, 0.3) is 0 Å². The monoisotopic (exact) mass is 370 g/mol. The molecule has 6 heteroatoms. The number of carbonyl (C=O) groups is 1. The third-order valence-corrected chi connectivity index (χ3v) is 5.36. The minimum absolute atomic E-state index is 0.124. The molecule has 3 rings (SSSR count). The zero-order valence-corrected chi connectivity index (χ0v) is 16.4. The van der Waals surface area contributed by atoms with Gasteiger partial charge in [0.25, 0.3) is 0 Å². The molecule has 0 aliphatic carbocycles. The van der Waals surface area contributed by atoms with Gasteiger partial charge in [-0.25, -0.2) is 4.98 Å². The molecule has 2 heterocycles. The van der Waals surface area contributed by atoms with Crippen LogP contribution in [0, 0.1) is 5.92 Å². The summed E-state index contributed by atoms with van der Waals surface area (Å²) in [5, 5.41) is 3.08. The minimum atomic E-state index is 0.124. The molecule has 0 spiro atoms. The summed E-state index contributed by atoms with van der Waals surface area (Å²) in [6.07, 6.45) is 6.75. The zero-order chi connectivity index (χ0) is 19.1. The third-order valence-electron chi connectivity index (χ3n) is 5.36. The number of likely N-dealkylation sites (tertiary alicyclic amines) is 1. The number of nitrogens with one attached hydrogen (secondary N) is 1. The van der Waals surface area contributed by atoms with Crippen LogP contribution >= 0.6 is 0 Å². The van der Waals surface area contributed by atoms with Crippen LogP contribution in [0.1, 0.15) is 31.2 Å². The van der Waals surface area contributed by atoms with Gasteiger partial charge in [-0.1, -0.05) is 19.1 Å². The van der Waals surface area contributed by atoms with Gasteiger partial charge in [-0.05, 0) is 43.6 Å². The molecule has 27 heavy (non-hydrogen) atoms. The maximum atomic E-state index is 12.5. The Hall–Kier alpha value is -2.34. The lowest BCUT2D eigenvalue weighted by Gasteiger charge is -2.31. The van der Waals surface area contributed by atoms with Crippen molar-refractivity contribution in [1.29, 1.82) is 0 Å². The van der Waals surface area contributed by atoms with Crippen molar-refractivity contribution in [2.75, 3.05) is 26.7 Å². The van der Waals surface area contributed by atoms with Crippen molar-refractivity contribution < 1.29 is 9.53 Å². The van der Waals surface area contributed by atoms with Gasteiger partial charge in [0, 0.05) is 44.4 Å². The van der Waals surface area contributed by atoms with Gasteiger partial charge in [-0.3, -0.25) is 4.79 Å². The van der Waals surface area contributed by atoms with E-state index in [-0.39, 0.29) is 11.8 Å². The Labute approximate surface area is 161 Å². The number of imidazole rings is 1. The average molecular weight is 370 g/mol. The number of benzene rings is 1. The number of aromatic nitrogens is 2. The van der Waals surface area contributed by atoms with Gasteiger partial charge in [0.15, 0.2) is 0 Å². The van der Waals surface area contributed by atoms with Gasteiger partial charge >= 0.3 is 0 Å². The van der Waals surface area contributed by atoms with E-state index in [1.54, 1.807) is 7.11 Å². The average Bonchev–Trinajstić information content (AvgIpc) is 3.19. The molecule has 0 saturated carbocycles. The molecule has 1 aliphatic rings. The molecular formula is C21H30N4O2. The second-order valence-electron chi connectivity index (χ2n) is 7.07. The first kappa shape index (κ1) is 19.4. The summed E-state index contributed by atoms with van der Waals surface area (Å²) >= 11 is 0. The largest absolute Gasteiger partial charge is 0.497 e. The quantitative estimate of drug-likeness (QED) is 0.776. The Morgan fingerprint density at radius 1 is 1.22 bits per heavy atom. The summed E-state index contributed by atoms with van der Waals surface area (Å²) in [4.78, 5) is 19.3. The predicted octanol–water partition coefficient (Wildman–Crippen LogP) is 2.48. The summed E-state index contributed by atoms with van der Waals surface area (Å²) in [5.41, 5.74) is 1.09. The van der Waals surface area contributed by atoms with Crippen molar-refractivity contribution in [1.82, 2.24) is 19.8 Å². The van der Waals surface area contributed by atoms with Gasteiger partial charge in [-0.2, -0.15) is 0 Å². The van der Waals surface area contributed by atoms with Crippen LogP contribution in [0.4, 0.5) is 0 Å². The zero-order valence-electron chi connectivity index (χ0n) is 16.4. The summed E-state index contributed by atoms with van der Waals surface area (Å²) < 4.78 is 7.39. The fourth-order valence-corrected chi connectivity index (χ4v) is 3.60. The predicted molar refractivity (Wildman–Crippen MR) is 106 cm³/mol. The highest BCUT2D eigenvalue weighted by Gasteiger charge is 2.24. The SMILES string of the molecule is CCc1nccn1CCN1CCC(C(=O)NCc2ccc(OC)cc2)CC1. The Bertz CT molecular complexity index is 718. The molecule has 1 N–H and O–H groups in total. The van der Waals surface area contributed by atoms with E-state index in [1.807, 2.05) is 30.5 Å². The maximum absolute atomic E-state index is 12.5. The van der Waals surface area contributed by atoms with Gasteiger partial charge in [0.05, 0.1) is 7.11 Å². The van der Waals surface area contributed by atoms with Crippen molar-refractivity contribution in [2.45, 2.75) is 39.3 Å². The molecule has 1 saturated heterocycles. The first-order valence-corrected chi connectivity index (χ1v) is 9.82. The number of nitrogens with zero attached hydrogens (tertiary/aromatic N) is 3. The van der Waals surface area contributed by atoms with E-state index in [9.17, 15) is 4.79 Å². The number of amides is 1. The molecule has 1 aliphatic heterocycles. The van der Waals surface area contributed by atoms with E-state index >= 15 is 0 Å². The number of piperidine rings is 1. The molecule has 1 aromatic carbocycles. The number of rotatable bonds is 8. The van der Waals surface area contributed by atoms with Crippen molar-refractivity contribution in [3.63, 3.8) is 0 Å². The molecule has 1 fully saturated rings. The lowest BCUT2D eigenvalue weighted by molar-refractivity contribution is -0.126. The molecule has 146 valence electrons. The summed E-state index contributed by atoms with van der Waals surface area (Å²) in [6, 6.07) is 7.82. The number of aryl methyl sites for hydroxylation is 1. The van der Waals surface area contributed by atoms with E-state index in [2.05, 4.69) is 32.9 Å². The maximum Gasteiger partial charge on any atom is 0.223 e. The van der Waals surface area contributed by atoms with Crippen LogP contribution in [0.5, 0.6) is 5.75 Å². The number of hydrogen-bond acceptors (Lipinski definition) is 4. The molecular weight excluding hydrogens is 340 g/mol. The van der Waals surface area contributed by atoms with E-state index < -0.39 is 0 Å². The Morgan fingerprint density at radius 3 is 2.63 bits per heavy atom. The van der Waals surface area contributed by atoms with Crippen LogP contribution < -0.4 is 10.1 Å². The molecule has 0 atom stereocenters. The standard InChI is InChI=1S/C21H30N4O2/c1-3-20-22-10-13-25(20)15-14-24-11-8-18(9-12-24)21(26)23-16-17-4-6-19(27-2)7-5-17/h4-7,10,13,18H,3,8-9,11-12,14-16H2,1-2H3,(H,23,26). The van der Waals surface area contributed by atoms with Crippen LogP contribution in [0.3, 0.4) is 0 Å². The highest BCUT2D eigenvalue weighted by atomic mass is 16.5. The Kier molecular flexibility index (Phi) is 6.87. The van der Waals surface area contributed by atoms with E-state index in [1.165, 1.54) is 0 Å². The summed E-state index contributed by atoms with van der Waals surface area (Å²) in [5.74, 6) is 2.27. The topological polar surface area (TPSA) is 59.4 Å². The van der Waals surface area contributed by atoms with Gasteiger partial charge < -0.3 is 19.5 Å². The fraction of sp³-hybridized carbons (Fsp3) is 0.524. The van der Waals surface area contributed by atoms with Gasteiger partial charge in [0.2, 0.25) is 5.91 Å². The van der Waals surface area contributed by atoms with Crippen molar-refractivity contribution >= 4 is 5.91 Å². The van der Waals surface area contributed by atoms with E-state index in [0.29, 0.717) is 6.54 Å². The Balaban J connectivity index is 1.38. The first-order chi connectivity index (χ1) is 13.2. The normalized spacial score (nSPS) is 15.6. The van der Waals surface area contributed by atoms with Crippen LogP contribution in [0.2, 0.25) is 0 Å². The number of methoxy groups -OCH3 is 1. The second kappa shape index (κ2) is 9.55. The summed E-state index contributed by atoms with van der Waals surface area (Å²) in [6.45, 7) is 6.66. The number of ether oxygens (including phenoxy) is 1. The molecule has 0 radical (unpaired) electrons. The molecule has 6 nitrogen and oxygen atoms in total. The lowest BCUT2D eigenvalue weighted by Crippen LogP contribution is -2.41. The highest BCUT2D eigenvalue weighted by Crippen LogP contribution is 2.18. The molecule has 0 unspecified atom stereocenters. The smallest absolute Gasteiger partial charge is 0.223 e. The van der Waals surface area contributed by atoms with Crippen molar-refractivity contribution in [3.05, 3.63) is 48.0 Å². The highest BCUT2D eigenvalue weighted by molar-refractivity contribution is 5.78. The third kappa shape index (κ3) is 5.32.